The zero-order valence-electron chi connectivity index (χ0n) is 15.1. The van der Waals surface area contributed by atoms with Crippen LogP contribution in [0.5, 0.6) is 5.88 Å². The minimum atomic E-state index is -2.65. The van der Waals surface area contributed by atoms with Gasteiger partial charge in [-0.05, 0) is 50.4 Å². The summed E-state index contributed by atoms with van der Waals surface area (Å²) in [5, 5.41) is 2.98. The van der Waals surface area contributed by atoms with Crippen molar-refractivity contribution in [2.75, 3.05) is 26.2 Å². The predicted molar refractivity (Wildman–Crippen MR) is 99.2 cm³/mol. The molecule has 1 aliphatic heterocycles. The SMILES string of the molecule is Cc1ccnc(OCC2CCN(C(CN=O)c3scnc3C(F)F)CC2)c1. The molecule has 0 bridgehead atoms. The highest BCUT2D eigenvalue weighted by atomic mass is 32.1. The predicted octanol–water partition coefficient (Wildman–Crippen LogP) is 4.38. The Kier molecular flexibility index (Phi) is 6.78. The van der Waals surface area contributed by atoms with Gasteiger partial charge in [-0.1, -0.05) is 5.18 Å². The van der Waals surface area contributed by atoms with Crippen molar-refractivity contribution in [1.29, 1.82) is 0 Å². The van der Waals surface area contributed by atoms with Gasteiger partial charge >= 0.3 is 0 Å². The zero-order chi connectivity index (χ0) is 19.2. The summed E-state index contributed by atoms with van der Waals surface area (Å²) >= 11 is 1.16. The second-order valence-corrected chi connectivity index (χ2v) is 7.58. The van der Waals surface area contributed by atoms with E-state index in [-0.39, 0.29) is 12.2 Å². The summed E-state index contributed by atoms with van der Waals surface area (Å²) < 4.78 is 32.1. The average Bonchev–Trinajstić information content (AvgIpc) is 3.15. The van der Waals surface area contributed by atoms with Crippen LogP contribution in [0.2, 0.25) is 0 Å². The van der Waals surface area contributed by atoms with E-state index < -0.39 is 12.5 Å². The number of nitroso groups, excluding NO2 is 1. The molecule has 2 aromatic heterocycles. The average molecular weight is 396 g/mol. The minimum absolute atomic E-state index is 0.0453. The number of aryl methyl sites for hydroxylation is 1. The van der Waals surface area contributed by atoms with Crippen LogP contribution in [0, 0.1) is 17.7 Å². The number of thiazole rings is 1. The fraction of sp³-hybridized carbons (Fsp3) is 0.556. The molecule has 9 heteroatoms. The Morgan fingerprint density at radius 1 is 1.37 bits per heavy atom. The molecule has 6 nitrogen and oxygen atoms in total. The highest BCUT2D eigenvalue weighted by Crippen LogP contribution is 2.35. The van der Waals surface area contributed by atoms with Gasteiger partial charge in [-0.15, -0.1) is 11.3 Å². The molecule has 146 valence electrons. The first-order valence-electron chi connectivity index (χ1n) is 8.88. The maximum Gasteiger partial charge on any atom is 0.281 e. The van der Waals surface area contributed by atoms with Gasteiger partial charge in [-0.25, -0.2) is 18.7 Å². The van der Waals surface area contributed by atoms with Gasteiger partial charge in [0.25, 0.3) is 6.43 Å². The lowest BCUT2D eigenvalue weighted by atomic mass is 9.96. The molecule has 0 saturated carbocycles. The van der Waals surface area contributed by atoms with Crippen molar-refractivity contribution in [3.8, 4) is 5.88 Å². The molecule has 0 N–H and O–H groups in total. The molecule has 0 radical (unpaired) electrons. The first-order valence-corrected chi connectivity index (χ1v) is 9.76. The number of rotatable bonds is 8. The van der Waals surface area contributed by atoms with Crippen LogP contribution in [0.15, 0.2) is 29.0 Å². The van der Waals surface area contributed by atoms with E-state index in [2.05, 4.69) is 20.0 Å². The van der Waals surface area contributed by atoms with Crippen LogP contribution < -0.4 is 4.74 Å². The highest BCUT2D eigenvalue weighted by molar-refractivity contribution is 7.09. The van der Waals surface area contributed by atoms with Crippen LogP contribution in [0.25, 0.3) is 0 Å². The second-order valence-electron chi connectivity index (χ2n) is 6.69. The van der Waals surface area contributed by atoms with Crippen molar-refractivity contribution >= 4 is 11.3 Å². The van der Waals surface area contributed by atoms with Crippen LogP contribution in [0.4, 0.5) is 8.78 Å². The molecule has 1 fully saturated rings. The topological polar surface area (TPSA) is 67.7 Å². The molecule has 2 aromatic rings. The Morgan fingerprint density at radius 2 is 2.15 bits per heavy atom. The molecule has 0 aliphatic carbocycles. The standard InChI is InChI=1S/C18H22F2N4O2S/c1-12-2-5-21-15(8-12)26-10-13-3-6-24(7-4-13)14(9-23-25)17-16(18(19)20)22-11-27-17/h2,5,8,11,13-14,18H,3-4,6-7,9-10H2,1H3. The van der Waals surface area contributed by atoms with Gasteiger partial charge in [0.15, 0.2) is 0 Å². The second kappa shape index (κ2) is 9.27. The summed E-state index contributed by atoms with van der Waals surface area (Å²) in [4.78, 5) is 21.3. The largest absolute Gasteiger partial charge is 0.477 e. The van der Waals surface area contributed by atoms with E-state index in [1.807, 2.05) is 19.1 Å². The van der Waals surface area contributed by atoms with Gasteiger partial charge in [-0.2, -0.15) is 4.91 Å². The molecular formula is C18H22F2N4O2S. The maximum atomic E-state index is 13.2. The van der Waals surface area contributed by atoms with Gasteiger partial charge in [-0.3, -0.25) is 4.90 Å². The zero-order valence-corrected chi connectivity index (χ0v) is 15.9. The van der Waals surface area contributed by atoms with E-state index in [0.29, 0.717) is 36.4 Å². The van der Waals surface area contributed by atoms with Crippen molar-refractivity contribution in [2.45, 2.75) is 32.2 Å². The fourth-order valence-corrected chi connectivity index (χ4v) is 4.26. The van der Waals surface area contributed by atoms with Gasteiger partial charge < -0.3 is 4.74 Å². The van der Waals surface area contributed by atoms with Crippen LogP contribution in [-0.4, -0.2) is 41.1 Å². The smallest absolute Gasteiger partial charge is 0.281 e. The third-order valence-corrected chi connectivity index (χ3v) is 5.77. The summed E-state index contributed by atoms with van der Waals surface area (Å²) in [5.74, 6) is 0.983. The van der Waals surface area contributed by atoms with E-state index in [1.54, 1.807) is 6.20 Å². The Balaban J connectivity index is 1.57. The number of hydrogen-bond donors (Lipinski definition) is 0. The van der Waals surface area contributed by atoms with E-state index in [4.69, 9.17) is 4.74 Å². The molecule has 0 amide bonds. The number of likely N-dealkylation sites (tertiary alicyclic amines) is 1. The molecule has 1 atom stereocenters. The monoisotopic (exact) mass is 396 g/mol. The summed E-state index contributed by atoms with van der Waals surface area (Å²) in [6.45, 7) is 3.92. The first kappa shape index (κ1) is 19.8. The lowest BCUT2D eigenvalue weighted by molar-refractivity contribution is 0.104. The quantitative estimate of drug-likeness (QED) is 0.620. The third-order valence-electron chi connectivity index (χ3n) is 4.83. The maximum absolute atomic E-state index is 13.2. The number of alkyl halides is 2. The van der Waals surface area contributed by atoms with Crippen molar-refractivity contribution in [3.05, 3.63) is 44.9 Å². The summed E-state index contributed by atoms with van der Waals surface area (Å²) in [6, 6.07) is 3.38. The van der Waals surface area contributed by atoms with E-state index in [9.17, 15) is 13.7 Å². The van der Waals surface area contributed by atoms with Crippen molar-refractivity contribution in [1.82, 2.24) is 14.9 Å². The molecule has 1 aliphatic rings. The van der Waals surface area contributed by atoms with Gasteiger partial charge in [0.2, 0.25) is 5.88 Å². The first-order chi connectivity index (χ1) is 13.1. The van der Waals surface area contributed by atoms with Crippen LogP contribution in [0.1, 0.15) is 41.4 Å². The number of nitrogens with zero attached hydrogens (tertiary/aromatic N) is 4. The van der Waals surface area contributed by atoms with Crippen molar-refractivity contribution in [2.24, 2.45) is 11.1 Å². The van der Waals surface area contributed by atoms with E-state index in [1.165, 1.54) is 5.51 Å². The van der Waals surface area contributed by atoms with Gasteiger partial charge in [0, 0.05) is 12.3 Å². The molecule has 27 heavy (non-hydrogen) atoms. The fourth-order valence-electron chi connectivity index (χ4n) is 3.33. The Hall–Kier alpha value is -2.00. The Bertz CT molecular complexity index is 750. The molecule has 1 saturated heterocycles. The lowest BCUT2D eigenvalue weighted by Crippen LogP contribution is -2.39. The number of hydrogen-bond acceptors (Lipinski definition) is 7. The third kappa shape index (κ3) is 5.04. The molecule has 0 aromatic carbocycles. The van der Waals surface area contributed by atoms with Crippen molar-refractivity contribution < 1.29 is 13.5 Å². The Morgan fingerprint density at radius 3 is 2.81 bits per heavy atom. The van der Waals surface area contributed by atoms with Crippen molar-refractivity contribution in [3.63, 3.8) is 0 Å². The van der Waals surface area contributed by atoms with Crippen LogP contribution in [-0.2, 0) is 0 Å². The molecule has 3 heterocycles. The molecule has 1 unspecified atom stereocenters. The molecule has 0 spiro atoms. The normalized spacial score (nSPS) is 17.2. The Labute approximate surface area is 160 Å². The summed E-state index contributed by atoms with van der Waals surface area (Å²) in [7, 11) is 0. The lowest BCUT2D eigenvalue weighted by Gasteiger charge is -2.36. The number of halogens is 2. The number of aromatic nitrogens is 2. The number of ether oxygens (including phenoxy) is 1. The minimum Gasteiger partial charge on any atom is -0.477 e. The van der Waals surface area contributed by atoms with Gasteiger partial charge in [0.1, 0.15) is 12.2 Å². The number of pyridine rings is 1. The van der Waals surface area contributed by atoms with Crippen LogP contribution >= 0.6 is 11.3 Å². The molecular weight excluding hydrogens is 374 g/mol. The van der Waals surface area contributed by atoms with E-state index >= 15 is 0 Å². The summed E-state index contributed by atoms with van der Waals surface area (Å²) in [5.41, 5.74) is 2.27. The molecule has 3 rings (SSSR count). The van der Waals surface area contributed by atoms with Crippen LogP contribution in [0.3, 0.4) is 0 Å². The highest BCUT2D eigenvalue weighted by Gasteiger charge is 2.31. The number of piperidine rings is 1. The van der Waals surface area contributed by atoms with E-state index in [0.717, 1.165) is 29.7 Å². The summed E-state index contributed by atoms with van der Waals surface area (Å²) in [6.07, 6.45) is 0.807. The van der Waals surface area contributed by atoms with Gasteiger partial charge in [0.05, 0.1) is 23.0 Å².